The molecule has 0 aliphatic carbocycles. The van der Waals surface area contributed by atoms with Crippen LogP contribution in [0.2, 0.25) is 0 Å². The number of nitrogens with one attached hydrogen (secondary N) is 1. The minimum atomic E-state index is -4.50. The fraction of sp³-hybridized carbons (Fsp3) is 0.278. The van der Waals surface area contributed by atoms with E-state index in [1.165, 1.54) is 30.2 Å². The molecule has 3 N–H and O–H groups in total. The van der Waals surface area contributed by atoms with Crippen molar-refractivity contribution in [1.29, 1.82) is 0 Å². The molecule has 0 saturated carbocycles. The summed E-state index contributed by atoms with van der Waals surface area (Å²) in [5.74, 6) is 0.0593. The predicted molar refractivity (Wildman–Crippen MR) is 93.6 cm³/mol. The number of benzene rings is 1. The molecule has 0 fully saturated rings. The molecule has 2 aromatic rings. The second-order valence-corrected chi connectivity index (χ2v) is 6.17. The number of rotatable bonds is 3. The lowest BCUT2D eigenvalue weighted by Gasteiger charge is -2.30. The molecule has 142 valence electrons. The van der Waals surface area contributed by atoms with Gasteiger partial charge in [-0.25, -0.2) is 4.98 Å². The van der Waals surface area contributed by atoms with Crippen molar-refractivity contribution in [3.63, 3.8) is 0 Å². The molecule has 1 amide bonds. The first-order chi connectivity index (χ1) is 12.8. The Kier molecular flexibility index (Phi) is 5.02. The van der Waals surface area contributed by atoms with E-state index in [0.717, 1.165) is 11.8 Å². The van der Waals surface area contributed by atoms with Crippen molar-refractivity contribution >= 4 is 11.7 Å². The van der Waals surface area contributed by atoms with E-state index in [1.54, 1.807) is 12.4 Å². The third-order valence-electron chi connectivity index (χ3n) is 4.38. The largest absolute Gasteiger partial charge is 0.416 e. The highest BCUT2D eigenvalue weighted by Crippen LogP contribution is 2.33. The lowest BCUT2D eigenvalue weighted by Crippen LogP contribution is -2.40. The molecule has 1 aromatic heterocycles. The van der Waals surface area contributed by atoms with Crippen molar-refractivity contribution in [3.8, 4) is 0 Å². The molecule has 2 heterocycles. The van der Waals surface area contributed by atoms with Crippen molar-refractivity contribution in [2.24, 2.45) is 5.73 Å². The zero-order chi connectivity index (χ0) is 19.6. The van der Waals surface area contributed by atoms with E-state index in [0.29, 0.717) is 24.5 Å². The van der Waals surface area contributed by atoms with Gasteiger partial charge in [0.05, 0.1) is 18.3 Å². The first-order valence-electron chi connectivity index (χ1n) is 8.24. The number of carbonyl (C=O) groups is 1. The van der Waals surface area contributed by atoms with Crippen LogP contribution in [0.4, 0.5) is 19.0 Å². The van der Waals surface area contributed by atoms with Crippen LogP contribution in [0.1, 0.15) is 27.9 Å². The Morgan fingerprint density at radius 3 is 2.70 bits per heavy atom. The standard InChI is InChI=1S/C18H18F3N5O/c1-11-12(3-2-4-13(11)18(19,20)21)17(27)26-8-5-15(14(22)10-26)25-16-9-23-6-7-24-16/h2-4,6-7,9H,5,8,10,22H2,1H3,(H,24,25). The number of carbonyl (C=O) groups excluding carboxylic acids is 1. The van der Waals surface area contributed by atoms with E-state index in [1.807, 2.05) is 0 Å². The zero-order valence-corrected chi connectivity index (χ0v) is 14.5. The molecule has 3 rings (SSSR count). The Hall–Kier alpha value is -3.10. The van der Waals surface area contributed by atoms with E-state index in [-0.39, 0.29) is 17.7 Å². The Labute approximate surface area is 153 Å². The first-order valence-corrected chi connectivity index (χ1v) is 8.24. The summed E-state index contributed by atoms with van der Waals surface area (Å²) in [6.45, 7) is 1.76. The van der Waals surface area contributed by atoms with Gasteiger partial charge in [-0.05, 0) is 24.6 Å². The lowest BCUT2D eigenvalue weighted by molar-refractivity contribution is -0.138. The number of nitrogens with two attached hydrogens (primary N) is 1. The summed E-state index contributed by atoms with van der Waals surface area (Å²) >= 11 is 0. The first kappa shape index (κ1) is 18.7. The highest BCUT2D eigenvalue weighted by atomic mass is 19.4. The average Bonchev–Trinajstić information content (AvgIpc) is 2.63. The van der Waals surface area contributed by atoms with E-state index in [9.17, 15) is 18.0 Å². The smallest absolute Gasteiger partial charge is 0.399 e. The maximum absolute atomic E-state index is 13.1. The summed E-state index contributed by atoms with van der Waals surface area (Å²) in [5, 5.41) is 3.06. The fourth-order valence-electron chi connectivity index (χ4n) is 2.97. The molecule has 0 saturated heterocycles. The van der Waals surface area contributed by atoms with Gasteiger partial charge in [0, 0.05) is 42.3 Å². The van der Waals surface area contributed by atoms with Crippen LogP contribution < -0.4 is 11.1 Å². The number of anilines is 1. The summed E-state index contributed by atoms with van der Waals surface area (Å²) in [6.07, 6.45) is 0.556. The fourth-order valence-corrected chi connectivity index (χ4v) is 2.97. The Morgan fingerprint density at radius 1 is 1.30 bits per heavy atom. The molecule has 1 aromatic carbocycles. The minimum Gasteiger partial charge on any atom is -0.399 e. The quantitative estimate of drug-likeness (QED) is 0.859. The Bertz CT molecular complexity index is 880. The van der Waals surface area contributed by atoms with Crippen molar-refractivity contribution in [2.45, 2.75) is 19.5 Å². The molecule has 0 unspecified atom stereocenters. The van der Waals surface area contributed by atoms with Gasteiger partial charge in [-0.2, -0.15) is 13.2 Å². The van der Waals surface area contributed by atoms with Gasteiger partial charge in [0.25, 0.3) is 5.91 Å². The molecular formula is C18H18F3N5O. The maximum Gasteiger partial charge on any atom is 0.416 e. The van der Waals surface area contributed by atoms with Gasteiger partial charge in [-0.15, -0.1) is 0 Å². The average molecular weight is 377 g/mol. The summed E-state index contributed by atoms with van der Waals surface area (Å²) < 4.78 is 39.2. The van der Waals surface area contributed by atoms with Gasteiger partial charge in [0.2, 0.25) is 0 Å². The van der Waals surface area contributed by atoms with Gasteiger partial charge in [-0.1, -0.05) is 6.07 Å². The minimum absolute atomic E-state index is 0.0305. The van der Waals surface area contributed by atoms with E-state index in [2.05, 4.69) is 15.3 Å². The summed E-state index contributed by atoms with van der Waals surface area (Å²) in [7, 11) is 0. The maximum atomic E-state index is 13.1. The van der Waals surface area contributed by atoms with E-state index < -0.39 is 17.6 Å². The van der Waals surface area contributed by atoms with Crippen molar-refractivity contribution in [2.75, 3.05) is 18.4 Å². The number of amides is 1. The lowest BCUT2D eigenvalue weighted by atomic mass is 10.00. The number of nitrogens with zero attached hydrogens (tertiary/aromatic N) is 3. The van der Waals surface area contributed by atoms with Crippen LogP contribution in [-0.2, 0) is 6.18 Å². The molecule has 0 spiro atoms. The summed E-state index contributed by atoms with van der Waals surface area (Å²) in [6, 6.07) is 3.62. The molecule has 1 aliphatic heterocycles. The second-order valence-electron chi connectivity index (χ2n) is 6.17. The van der Waals surface area contributed by atoms with Gasteiger partial charge in [0.15, 0.2) is 0 Å². The molecule has 9 heteroatoms. The summed E-state index contributed by atoms with van der Waals surface area (Å²) in [5.41, 5.74) is 6.36. The third kappa shape index (κ3) is 4.02. The van der Waals surface area contributed by atoms with Crippen LogP contribution in [0.25, 0.3) is 0 Å². The van der Waals surface area contributed by atoms with Crippen LogP contribution in [-0.4, -0.2) is 33.9 Å². The molecule has 0 bridgehead atoms. The third-order valence-corrected chi connectivity index (χ3v) is 4.38. The summed E-state index contributed by atoms with van der Waals surface area (Å²) in [4.78, 5) is 22.2. The monoisotopic (exact) mass is 377 g/mol. The van der Waals surface area contributed by atoms with Gasteiger partial charge >= 0.3 is 6.18 Å². The normalized spacial score (nSPS) is 15.0. The predicted octanol–water partition coefficient (Wildman–Crippen LogP) is 2.93. The van der Waals surface area contributed by atoms with Gasteiger partial charge in [-0.3, -0.25) is 9.78 Å². The molecular weight excluding hydrogens is 359 g/mol. The Morgan fingerprint density at radius 2 is 2.07 bits per heavy atom. The van der Waals surface area contributed by atoms with E-state index >= 15 is 0 Å². The van der Waals surface area contributed by atoms with Crippen molar-refractivity contribution in [3.05, 3.63) is 64.9 Å². The Balaban J connectivity index is 1.79. The van der Waals surface area contributed by atoms with E-state index in [4.69, 9.17) is 5.73 Å². The molecule has 27 heavy (non-hydrogen) atoms. The second kappa shape index (κ2) is 7.26. The van der Waals surface area contributed by atoms with Gasteiger partial charge in [0.1, 0.15) is 5.82 Å². The zero-order valence-electron chi connectivity index (χ0n) is 14.5. The van der Waals surface area contributed by atoms with Crippen LogP contribution in [0.5, 0.6) is 0 Å². The topological polar surface area (TPSA) is 84.1 Å². The molecule has 6 nitrogen and oxygen atoms in total. The van der Waals surface area contributed by atoms with Crippen LogP contribution in [0.15, 0.2) is 48.2 Å². The molecule has 0 radical (unpaired) electrons. The van der Waals surface area contributed by atoms with Crippen LogP contribution in [0, 0.1) is 6.92 Å². The van der Waals surface area contributed by atoms with Crippen molar-refractivity contribution in [1.82, 2.24) is 14.9 Å². The molecule has 1 aliphatic rings. The SMILES string of the molecule is Cc1c(C(=O)N2CCC(Nc3cnccn3)=C(N)C2)cccc1C(F)(F)F. The number of halogens is 3. The highest BCUT2D eigenvalue weighted by Gasteiger charge is 2.34. The number of hydrogen-bond donors (Lipinski definition) is 2. The number of hydrogen-bond acceptors (Lipinski definition) is 5. The van der Waals surface area contributed by atoms with Crippen LogP contribution in [0.3, 0.4) is 0 Å². The highest BCUT2D eigenvalue weighted by molar-refractivity contribution is 5.96. The van der Waals surface area contributed by atoms with Crippen LogP contribution >= 0.6 is 0 Å². The van der Waals surface area contributed by atoms with Crippen molar-refractivity contribution < 1.29 is 18.0 Å². The van der Waals surface area contributed by atoms with Gasteiger partial charge < -0.3 is 16.0 Å². The number of alkyl halides is 3. The molecule has 0 atom stereocenters. The number of aromatic nitrogens is 2.